The van der Waals surface area contributed by atoms with Crippen molar-refractivity contribution in [3.63, 3.8) is 0 Å². The maximum absolute atomic E-state index is 5.46. The van der Waals surface area contributed by atoms with E-state index in [1.807, 2.05) is 18.3 Å². The van der Waals surface area contributed by atoms with Crippen molar-refractivity contribution < 1.29 is 4.74 Å². The van der Waals surface area contributed by atoms with E-state index in [-0.39, 0.29) is 5.54 Å². The molecule has 0 aromatic carbocycles. The van der Waals surface area contributed by atoms with Crippen LogP contribution in [0.15, 0.2) is 24.4 Å². The lowest BCUT2D eigenvalue weighted by molar-refractivity contribution is -0.131. The smallest absolute Gasteiger partial charge is 0.0804 e. The predicted octanol–water partition coefficient (Wildman–Crippen LogP) is 1.04. The van der Waals surface area contributed by atoms with E-state index in [0.29, 0.717) is 0 Å². The van der Waals surface area contributed by atoms with Gasteiger partial charge in [-0.15, -0.1) is 0 Å². The van der Waals surface area contributed by atoms with Crippen LogP contribution in [0.3, 0.4) is 0 Å². The van der Waals surface area contributed by atoms with Gasteiger partial charge in [0.1, 0.15) is 0 Å². The maximum Gasteiger partial charge on any atom is 0.0804 e. The summed E-state index contributed by atoms with van der Waals surface area (Å²) in [6.07, 6.45) is 4.52. The highest BCUT2D eigenvalue weighted by Crippen LogP contribution is 2.28. The van der Waals surface area contributed by atoms with Crippen LogP contribution in [0, 0.1) is 0 Å². The lowest BCUT2D eigenvalue weighted by Gasteiger charge is -2.48. The molecule has 4 heteroatoms. The van der Waals surface area contributed by atoms with Crippen LogP contribution < -0.4 is 5.32 Å². The Kier molecular flexibility index (Phi) is 3.59. The van der Waals surface area contributed by atoms with Gasteiger partial charge in [-0.2, -0.15) is 0 Å². The number of hydrogen-bond acceptors (Lipinski definition) is 4. The Morgan fingerprint density at radius 1 is 1.28 bits per heavy atom. The first kappa shape index (κ1) is 12.1. The van der Waals surface area contributed by atoms with Gasteiger partial charge in [0.15, 0.2) is 0 Å². The molecule has 1 aromatic heterocycles. The average molecular weight is 247 g/mol. The normalized spacial score (nSPS) is 22.9. The predicted molar refractivity (Wildman–Crippen MR) is 70.3 cm³/mol. The molecule has 0 radical (unpaired) electrons. The molecule has 0 amide bonds. The van der Waals surface area contributed by atoms with Crippen LogP contribution >= 0.6 is 0 Å². The Hall–Kier alpha value is -0.970. The summed E-state index contributed by atoms with van der Waals surface area (Å²) in [5.41, 5.74) is 1.36. The van der Waals surface area contributed by atoms with Crippen molar-refractivity contribution in [3.8, 4) is 0 Å². The lowest BCUT2D eigenvalue weighted by Crippen LogP contribution is -2.66. The lowest BCUT2D eigenvalue weighted by atomic mass is 9.95. The van der Waals surface area contributed by atoms with Crippen LogP contribution in [-0.4, -0.2) is 48.3 Å². The third-order valence-electron chi connectivity index (χ3n) is 4.00. The van der Waals surface area contributed by atoms with E-state index in [4.69, 9.17) is 4.74 Å². The SMILES string of the molecule is c1ccc(CNCC2(N3CCCC3)COC2)nc1. The summed E-state index contributed by atoms with van der Waals surface area (Å²) in [6, 6.07) is 6.05. The van der Waals surface area contributed by atoms with E-state index in [2.05, 4.69) is 21.3 Å². The molecule has 1 aromatic rings. The Morgan fingerprint density at radius 3 is 2.72 bits per heavy atom. The molecule has 2 saturated heterocycles. The number of ether oxygens (including phenoxy) is 1. The Labute approximate surface area is 108 Å². The first-order chi connectivity index (χ1) is 8.89. The molecule has 18 heavy (non-hydrogen) atoms. The molecule has 3 heterocycles. The second-order valence-electron chi connectivity index (χ2n) is 5.34. The fourth-order valence-corrected chi connectivity index (χ4v) is 2.85. The molecule has 0 atom stereocenters. The van der Waals surface area contributed by atoms with Gasteiger partial charge in [-0.05, 0) is 38.1 Å². The Morgan fingerprint density at radius 2 is 2.11 bits per heavy atom. The molecule has 0 saturated carbocycles. The zero-order chi connectivity index (χ0) is 12.3. The van der Waals surface area contributed by atoms with Gasteiger partial charge in [-0.3, -0.25) is 9.88 Å². The van der Waals surface area contributed by atoms with Crippen molar-refractivity contribution in [2.45, 2.75) is 24.9 Å². The average Bonchev–Trinajstić information content (AvgIpc) is 2.88. The standard InChI is InChI=1S/C14H21N3O/c1-2-6-16-13(5-1)9-15-10-14(11-18-12-14)17-7-3-4-8-17/h1-2,5-6,15H,3-4,7-12H2. The van der Waals surface area contributed by atoms with Gasteiger partial charge in [0.2, 0.25) is 0 Å². The zero-order valence-corrected chi connectivity index (χ0v) is 10.8. The molecule has 0 aliphatic carbocycles. The second-order valence-corrected chi connectivity index (χ2v) is 5.34. The summed E-state index contributed by atoms with van der Waals surface area (Å²) < 4.78 is 5.46. The van der Waals surface area contributed by atoms with Crippen LogP contribution in [0.2, 0.25) is 0 Å². The molecule has 98 valence electrons. The largest absolute Gasteiger partial charge is 0.377 e. The molecule has 2 fully saturated rings. The van der Waals surface area contributed by atoms with Gasteiger partial charge >= 0.3 is 0 Å². The summed E-state index contributed by atoms with van der Waals surface area (Å²) in [7, 11) is 0. The zero-order valence-electron chi connectivity index (χ0n) is 10.8. The molecule has 2 aliphatic rings. The summed E-state index contributed by atoms with van der Waals surface area (Å²) in [5.74, 6) is 0. The molecular weight excluding hydrogens is 226 g/mol. The number of nitrogens with one attached hydrogen (secondary N) is 1. The van der Waals surface area contributed by atoms with Crippen LogP contribution in [0.5, 0.6) is 0 Å². The van der Waals surface area contributed by atoms with Crippen molar-refractivity contribution >= 4 is 0 Å². The second kappa shape index (κ2) is 5.34. The summed E-state index contributed by atoms with van der Waals surface area (Å²) >= 11 is 0. The molecule has 2 aliphatic heterocycles. The highest BCUT2D eigenvalue weighted by molar-refractivity contribution is 5.04. The van der Waals surface area contributed by atoms with Gasteiger partial charge in [0, 0.05) is 19.3 Å². The number of pyridine rings is 1. The summed E-state index contributed by atoms with van der Waals surface area (Å²) in [4.78, 5) is 6.93. The minimum absolute atomic E-state index is 0.255. The number of nitrogens with zero attached hydrogens (tertiary/aromatic N) is 2. The van der Waals surface area contributed by atoms with Crippen molar-refractivity contribution in [2.24, 2.45) is 0 Å². The van der Waals surface area contributed by atoms with E-state index in [1.54, 1.807) is 0 Å². The van der Waals surface area contributed by atoms with E-state index >= 15 is 0 Å². The van der Waals surface area contributed by atoms with Crippen molar-refractivity contribution in [1.82, 2.24) is 15.2 Å². The minimum Gasteiger partial charge on any atom is -0.377 e. The molecular formula is C14H21N3O. The summed E-state index contributed by atoms with van der Waals surface area (Å²) in [6.45, 7) is 6.06. The number of hydrogen-bond donors (Lipinski definition) is 1. The minimum atomic E-state index is 0.255. The van der Waals surface area contributed by atoms with Crippen molar-refractivity contribution in [1.29, 1.82) is 0 Å². The van der Waals surface area contributed by atoms with Crippen LogP contribution in [0.1, 0.15) is 18.5 Å². The van der Waals surface area contributed by atoms with E-state index in [1.165, 1.54) is 25.9 Å². The molecule has 0 unspecified atom stereocenters. The Bertz CT molecular complexity index is 372. The fraction of sp³-hybridized carbons (Fsp3) is 0.643. The molecule has 0 bridgehead atoms. The van der Waals surface area contributed by atoms with Gasteiger partial charge in [0.25, 0.3) is 0 Å². The number of aromatic nitrogens is 1. The Balaban J connectivity index is 1.52. The van der Waals surface area contributed by atoms with Crippen LogP contribution in [0.25, 0.3) is 0 Å². The summed E-state index contributed by atoms with van der Waals surface area (Å²) in [5, 5.41) is 3.54. The van der Waals surface area contributed by atoms with Gasteiger partial charge in [-0.25, -0.2) is 0 Å². The van der Waals surface area contributed by atoms with Crippen molar-refractivity contribution in [3.05, 3.63) is 30.1 Å². The molecule has 1 N–H and O–H groups in total. The monoisotopic (exact) mass is 247 g/mol. The third kappa shape index (κ3) is 2.41. The van der Waals surface area contributed by atoms with E-state index in [9.17, 15) is 0 Å². The fourth-order valence-electron chi connectivity index (χ4n) is 2.85. The van der Waals surface area contributed by atoms with Crippen LogP contribution in [0.4, 0.5) is 0 Å². The first-order valence-electron chi connectivity index (χ1n) is 6.83. The first-order valence-corrected chi connectivity index (χ1v) is 6.83. The van der Waals surface area contributed by atoms with Crippen molar-refractivity contribution in [2.75, 3.05) is 32.8 Å². The molecule has 3 rings (SSSR count). The number of likely N-dealkylation sites (tertiary alicyclic amines) is 1. The maximum atomic E-state index is 5.46. The van der Waals surface area contributed by atoms with Gasteiger partial charge in [-0.1, -0.05) is 6.07 Å². The highest BCUT2D eigenvalue weighted by atomic mass is 16.5. The van der Waals surface area contributed by atoms with Crippen LogP contribution in [-0.2, 0) is 11.3 Å². The van der Waals surface area contributed by atoms with Gasteiger partial charge in [0.05, 0.1) is 24.4 Å². The highest BCUT2D eigenvalue weighted by Gasteiger charge is 2.44. The quantitative estimate of drug-likeness (QED) is 0.843. The third-order valence-corrected chi connectivity index (χ3v) is 4.00. The topological polar surface area (TPSA) is 37.4 Å². The molecule has 4 nitrogen and oxygen atoms in total. The molecule has 0 spiro atoms. The van der Waals surface area contributed by atoms with Gasteiger partial charge < -0.3 is 10.1 Å². The van der Waals surface area contributed by atoms with E-state index in [0.717, 1.165) is 32.0 Å². The van der Waals surface area contributed by atoms with E-state index < -0.39 is 0 Å². The number of rotatable bonds is 5.